The Hall–Kier alpha value is -0.940. The molecule has 1 rings (SSSR count). The van der Waals surface area contributed by atoms with Crippen LogP contribution in [-0.4, -0.2) is 26.9 Å². The maximum atomic E-state index is 5.70. The Balaban J connectivity index is 2.57. The van der Waals surface area contributed by atoms with E-state index < -0.39 is 0 Å². The number of nitrogens with two attached hydrogens (primary N) is 1. The molecule has 0 saturated heterocycles. The van der Waals surface area contributed by atoms with Gasteiger partial charge in [0, 0.05) is 13.1 Å². The van der Waals surface area contributed by atoms with Crippen LogP contribution in [0.4, 0.5) is 0 Å². The third-order valence-corrected chi connectivity index (χ3v) is 2.32. The average molecular weight is 226 g/mol. The highest BCUT2D eigenvalue weighted by molar-refractivity contribution is 4.83. The summed E-state index contributed by atoms with van der Waals surface area (Å²) in [5, 5.41) is 4.18. The van der Waals surface area contributed by atoms with Crippen molar-refractivity contribution < 1.29 is 4.74 Å². The van der Waals surface area contributed by atoms with Gasteiger partial charge in [0.25, 0.3) is 0 Å². The van der Waals surface area contributed by atoms with E-state index >= 15 is 0 Å². The van der Waals surface area contributed by atoms with Gasteiger partial charge in [0.15, 0.2) is 5.82 Å². The predicted octanol–water partition coefficient (Wildman–Crippen LogP) is 1.19. The number of hydrogen-bond donors (Lipinski definition) is 1. The molecule has 2 N–H and O–H groups in total. The van der Waals surface area contributed by atoms with E-state index in [2.05, 4.69) is 23.9 Å². The van der Waals surface area contributed by atoms with E-state index in [0.29, 0.717) is 19.1 Å². The zero-order valence-corrected chi connectivity index (χ0v) is 10.6. The van der Waals surface area contributed by atoms with E-state index in [0.717, 1.165) is 12.4 Å². The van der Waals surface area contributed by atoms with Crippen LogP contribution in [0.15, 0.2) is 6.33 Å². The summed E-state index contributed by atoms with van der Waals surface area (Å²) in [6, 6.07) is 0. The molecule has 1 heterocycles. The lowest BCUT2D eigenvalue weighted by Crippen LogP contribution is -2.34. The van der Waals surface area contributed by atoms with Gasteiger partial charge < -0.3 is 10.5 Å². The van der Waals surface area contributed by atoms with E-state index in [-0.39, 0.29) is 5.60 Å². The normalized spacial score (nSPS) is 12.4. The largest absolute Gasteiger partial charge is 0.366 e. The molecule has 0 unspecified atom stereocenters. The summed E-state index contributed by atoms with van der Waals surface area (Å²) in [7, 11) is 0. The van der Waals surface area contributed by atoms with Gasteiger partial charge in [0.2, 0.25) is 0 Å². The van der Waals surface area contributed by atoms with Crippen LogP contribution in [0.25, 0.3) is 0 Å². The minimum atomic E-state index is -0.311. The van der Waals surface area contributed by atoms with Gasteiger partial charge >= 0.3 is 0 Å². The van der Waals surface area contributed by atoms with Crippen molar-refractivity contribution in [1.29, 1.82) is 0 Å². The molecule has 0 spiro atoms. The van der Waals surface area contributed by atoms with Crippen LogP contribution in [0.2, 0.25) is 0 Å². The highest BCUT2D eigenvalue weighted by Crippen LogP contribution is 2.10. The summed E-state index contributed by atoms with van der Waals surface area (Å²) in [6.07, 6.45) is 1.57. The van der Waals surface area contributed by atoms with Gasteiger partial charge in [-0.25, -0.2) is 9.67 Å². The summed E-state index contributed by atoms with van der Waals surface area (Å²) in [4.78, 5) is 4.19. The molecule has 0 radical (unpaired) electrons. The van der Waals surface area contributed by atoms with E-state index in [1.807, 2.05) is 18.5 Å². The van der Waals surface area contributed by atoms with E-state index in [9.17, 15) is 0 Å². The second kappa shape index (κ2) is 5.41. The molecule has 0 bridgehead atoms. The third kappa shape index (κ3) is 3.90. The summed E-state index contributed by atoms with van der Waals surface area (Å²) in [5.41, 5.74) is 5.29. The highest BCUT2D eigenvalue weighted by atomic mass is 16.5. The van der Waals surface area contributed by atoms with Crippen molar-refractivity contribution in [2.75, 3.05) is 6.54 Å². The molecule has 0 aliphatic rings. The summed E-state index contributed by atoms with van der Waals surface area (Å²) in [6.45, 7) is 10.0. The number of rotatable bonds is 6. The van der Waals surface area contributed by atoms with Crippen molar-refractivity contribution in [2.24, 2.45) is 11.7 Å². The topological polar surface area (TPSA) is 66.0 Å². The fraction of sp³-hybridized carbons (Fsp3) is 0.818. The van der Waals surface area contributed by atoms with Crippen LogP contribution in [0, 0.1) is 5.92 Å². The molecular weight excluding hydrogens is 204 g/mol. The number of aromatic nitrogens is 3. The Kier molecular flexibility index (Phi) is 4.44. The fourth-order valence-corrected chi connectivity index (χ4v) is 1.22. The molecule has 0 atom stereocenters. The van der Waals surface area contributed by atoms with Gasteiger partial charge in [-0.2, -0.15) is 5.10 Å². The smallest absolute Gasteiger partial charge is 0.152 e. The van der Waals surface area contributed by atoms with E-state index in [1.165, 1.54) is 0 Å². The van der Waals surface area contributed by atoms with Crippen LogP contribution in [0.3, 0.4) is 0 Å². The maximum absolute atomic E-state index is 5.70. The molecular formula is C11H22N4O. The first-order chi connectivity index (χ1) is 7.44. The van der Waals surface area contributed by atoms with Crippen molar-refractivity contribution in [3.05, 3.63) is 12.2 Å². The second-order valence-corrected chi connectivity index (χ2v) is 5.00. The third-order valence-electron chi connectivity index (χ3n) is 2.32. The predicted molar refractivity (Wildman–Crippen MR) is 62.8 cm³/mol. The van der Waals surface area contributed by atoms with Crippen molar-refractivity contribution in [2.45, 2.75) is 46.4 Å². The first kappa shape index (κ1) is 13.1. The van der Waals surface area contributed by atoms with Gasteiger partial charge in [-0.05, 0) is 19.8 Å². The van der Waals surface area contributed by atoms with E-state index in [1.54, 1.807) is 6.33 Å². The molecule has 0 aromatic carbocycles. The van der Waals surface area contributed by atoms with Crippen LogP contribution in [-0.2, 0) is 17.9 Å². The Morgan fingerprint density at radius 2 is 2.19 bits per heavy atom. The number of hydrogen-bond acceptors (Lipinski definition) is 4. The fourth-order valence-electron chi connectivity index (χ4n) is 1.22. The average Bonchev–Trinajstić information content (AvgIpc) is 2.62. The molecule has 0 amide bonds. The molecule has 92 valence electrons. The van der Waals surface area contributed by atoms with Gasteiger partial charge in [0.05, 0.1) is 5.60 Å². The zero-order chi connectivity index (χ0) is 12.2. The van der Waals surface area contributed by atoms with Crippen molar-refractivity contribution in [3.63, 3.8) is 0 Å². The molecule has 5 nitrogen and oxygen atoms in total. The molecule has 0 saturated carbocycles. The quantitative estimate of drug-likeness (QED) is 0.791. The number of nitrogens with zero attached hydrogens (tertiary/aromatic N) is 3. The summed E-state index contributed by atoms with van der Waals surface area (Å²) < 4.78 is 7.58. The minimum absolute atomic E-state index is 0.311. The lowest BCUT2D eigenvalue weighted by Gasteiger charge is -2.23. The van der Waals surface area contributed by atoms with Gasteiger partial charge in [-0.15, -0.1) is 0 Å². The molecule has 5 heteroatoms. The summed E-state index contributed by atoms with van der Waals surface area (Å²) in [5.74, 6) is 1.40. The molecule has 1 aromatic heterocycles. The van der Waals surface area contributed by atoms with Crippen LogP contribution >= 0.6 is 0 Å². The Bertz CT molecular complexity index is 320. The van der Waals surface area contributed by atoms with Crippen LogP contribution in [0.5, 0.6) is 0 Å². The van der Waals surface area contributed by atoms with Gasteiger partial charge in [-0.1, -0.05) is 13.8 Å². The molecule has 0 aliphatic carbocycles. The Morgan fingerprint density at radius 3 is 2.75 bits per heavy atom. The van der Waals surface area contributed by atoms with Crippen molar-refractivity contribution in [3.8, 4) is 0 Å². The Morgan fingerprint density at radius 1 is 1.50 bits per heavy atom. The van der Waals surface area contributed by atoms with Crippen molar-refractivity contribution in [1.82, 2.24) is 14.8 Å². The molecule has 0 aliphatic heterocycles. The Labute approximate surface area is 97.0 Å². The lowest BCUT2D eigenvalue weighted by atomic mass is 10.1. The standard InChI is InChI=1S/C11H22N4O/c1-9(2)5-15-10(13-8-14-15)6-16-11(3,4)7-12/h8-9H,5-7,12H2,1-4H3. The monoisotopic (exact) mass is 226 g/mol. The van der Waals surface area contributed by atoms with Crippen LogP contribution in [0.1, 0.15) is 33.5 Å². The van der Waals surface area contributed by atoms with Crippen LogP contribution < -0.4 is 5.73 Å². The zero-order valence-electron chi connectivity index (χ0n) is 10.6. The lowest BCUT2D eigenvalue weighted by molar-refractivity contribution is -0.0268. The molecule has 0 fully saturated rings. The van der Waals surface area contributed by atoms with Crippen molar-refractivity contribution >= 4 is 0 Å². The van der Waals surface area contributed by atoms with Gasteiger partial charge in [0.1, 0.15) is 12.9 Å². The molecule has 1 aromatic rings. The SMILES string of the molecule is CC(C)Cn1ncnc1COC(C)(C)CN. The molecule has 16 heavy (non-hydrogen) atoms. The highest BCUT2D eigenvalue weighted by Gasteiger charge is 2.17. The minimum Gasteiger partial charge on any atom is -0.366 e. The summed E-state index contributed by atoms with van der Waals surface area (Å²) >= 11 is 0. The maximum Gasteiger partial charge on any atom is 0.152 e. The second-order valence-electron chi connectivity index (χ2n) is 5.00. The first-order valence-electron chi connectivity index (χ1n) is 5.65. The first-order valence-corrected chi connectivity index (χ1v) is 5.65. The van der Waals surface area contributed by atoms with Gasteiger partial charge in [-0.3, -0.25) is 0 Å². The number of ether oxygens (including phenoxy) is 1. The van der Waals surface area contributed by atoms with E-state index in [4.69, 9.17) is 10.5 Å².